The minimum atomic E-state index is -0.370. The Kier molecular flexibility index (Phi) is 6.25. The van der Waals surface area contributed by atoms with Gasteiger partial charge in [0.15, 0.2) is 11.5 Å². The summed E-state index contributed by atoms with van der Waals surface area (Å²) in [5, 5.41) is 12.8. The van der Waals surface area contributed by atoms with Crippen LogP contribution in [0.15, 0.2) is 12.1 Å². The van der Waals surface area contributed by atoms with Gasteiger partial charge in [-0.25, -0.2) is 0 Å². The minimum absolute atomic E-state index is 0.370. The summed E-state index contributed by atoms with van der Waals surface area (Å²) in [4.78, 5) is 0. The molecule has 0 amide bonds. The molecule has 1 rings (SSSR count). The van der Waals surface area contributed by atoms with Crippen molar-refractivity contribution in [2.75, 3.05) is 20.3 Å². The number of hydrogen-bond donors (Lipinski definition) is 2. The number of halogens is 1. The lowest BCUT2D eigenvalue weighted by Crippen LogP contribution is -2.23. The van der Waals surface area contributed by atoms with Crippen molar-refractivity contribution in [1.82, 2.24) is 5.32 Å². The van der Waals surface area contributed by atoms with Gasteiger partial charge >= 0.3 is 0 Å². The lowest BCUT2D eigenvalue weighted by Gasteiger charge is -2.14. The van der Waals surface area contributed by atoms with E-state index in [9.17, 15) is 5.11 Å². The van der Waals surface area contributed by atoms with E-state index in [-0.39, 0.29) is 6.10 Å². The average Bonchev–Trinajstić information content (AvgIpc) is 2.28. The Morgan fingerprint density at radius 1 is 1.44 bits per heavy atom. The van der Waals surface area contributed by atoms with Crippen LogP contribution in [0.2, 0.25) is 5.02 Å². The Balaban J connectivity index is 2.80. The molecular formula is C13H20ClNO3. The van der Waals surface area contributed by atoms with Crippen LogP contribution in [0.4, 0.5) is 0 Å². The zero-order chi connectivity index (χ0) is 13.5. The molecule has 0 saturated carbocycles. The first-order chi connectivity index (χ1) is 8.58. The number of aliphatic hydroxyl groups is 1. The first-order valence-corrected chi connectivity index (χ1v) is 6.34. The van der Waals surface area contributed by atoms with Crippen molar-refractivity contribution in [1.29, 1.82) is 0 Å². The van der Waals surface area contributed by atoms with Gasteiger partial charge in [0.25, 0.3) is 0 Å². The lowest BCUT2D eigenvalue weighted by molar-refractivity contribution is 0.191. The fourth-order valence-corrected chi connectivity index (χ4v) is 1.92. The molecule has 0 aromatic heterocycles. The minimum Gasteiger partial charge on any atom is -0.491 e. The molecule has 0 unspecified atom stereocenters. The Labute approximate surface area is 113 Å². The summed E-state index contributed by atoms with van der Waals surface area (Å²) in [6.07, 6.45) is -0.370. The van der Waals surface area contributed by atoms with Crippen molar-refractivity contribution in [3.63, 3.8) is 0 Å². The molecule has 2 N–H and O–H groups in total. The van der Waals surface area contributed by atoms with E-state index in [1.165, 1.54) is 0 Å². The summed E-state index contributed by atoms with van der Waals surface area (Å²) in [6, 6.07) is 3.72. The third kappa shape index (κ3) is 4.37. The summed E-state index contributed by atoms with van der Waals surface area (Å²) in [6.45, 7) is 5.35. The number of nitrogens with one attached hydrogen (secondary N) is 1. The predicted molar refractivity (Wildman–Crippen MR) is 72.6 cm³/mol. The van der Waals surface area contributed by atoms with E-state index in [0.717, 1.165) is 5.56 Å². The van der Waals surface area contributed by atoms with Gasteiger partial charge in [0.2, 0.25) is 0 Å². The molecule has 1 aromatic rings. The highest BCUT2D eigenvalue weighted by Crippen LogP contribution is 2.36. The molecule has 0 spiro atoms. The van der Waals surface area contributed by atoms with E-state index in [2.05, 4.69) is 5.32 Å². The van der Waals surface area contributed by atoms with Crippen LogP contribution < -0.4 is 14.8 Å². The molecule has 0 fully saturated rings. The molecule has 0 aliphatic heterocycles. The van der Waals surface area contributed by atoms with Gasteiger partial charge in [-0.2, -0.15) is 0 Å². The maximum Gasteiger partial charge on any atom is 0.179 e. The van der Waals surface area contributed by atoms with Crippen LogP contribution in [0.5, 0.6) is 11.5 Å². The Morgan fingerprint density at radius 2 is 2.17 bits per heavy atom. The number of methoxy groups -OCH3 is 1. The summed E-state index contributed by atoms with van der Waals surface area (Å²) in [7, 11) is 1.56. The second-order valence-electron chi connectivity index (χ2n) is 4.02. The van der Waals surface area contributed by atoms with Crippen molar-refractivity contribution >= 4 is 11.6 Å². The SMILES string of the molecule is CCOc1cc(CNC[C@H](C)O)cc(Cl)c1OC. The molecule has 0 saturated heterocycles. The van der Waals surface area contributed by atoms with Gasteiger partial charge in [-0.3, -0.25) is 0 Å². The molecule has 1 atom stereocenters. The highest BCUT2D eigenvalue weighted by Gasteiger charge is 2.11. The molecule has 0 radical (unpaired) electrons. The Hall–Kier alpha value is -0.970. The van der Waals surface area contributed by atoms with Crippen LogP contribution in [0.25, 0.3) is 0 Å². The fraction of sp³-hybridized carbons (Fsp3) is 0.538. The Morgan fingerprint density at radius 3 is 2.72 bits per heavy atom. The van der Waals surface area contributed by atoms with Gasteiger partial charge in [-0.1, -0.05) is 11.6 Å². The van der Waals surface area contributed by atoms with E-state index in [4.69, 9.17) is 21.1 Å². The van der Waals surface area contributed by atoms with Crippen LogP contribution >= 0.6 is 11.6 Å². The second-order valence-corrected chi connectivity index (χ2v) is 4.43. The first kappa shape index (κ1) is 15.1. The zero-order valence-corrected chi connectivity index (χ0v) is 11.8. The van der Waals surface area contributed by atoms with Gasteiger partial charge in [-0.05, 0) is 31.5 Å². The molecule has 0 bridgehead atoms. The van der Waals surface area contributed by atoms with Crippen molar-refractivity contribution in [3.8, 4) is 11.5 Å². The van der Waals surface area contributed by atoms with Crippen LogP contribution in [0, 0.1) is 0 Å². The van der Waals surface area contributed by atoms with Crippen molar-refractivity contribution in [2.24, 2.45) is 0 Å². The summed E-state index contributed by atoms with van der Waals surface area (Å²) in [5.41, 5.74) is 0.991. The van der Waals surface area contributed by atoms with Crippen molar-refractivity contribution in [2.45, 2.75) is 26.5 Å². The summed E-state index contributed by atoms with van der Waals surface area (Å²) in [5.74, 6) is 1.19. The highest BCUT2D eigenvalue weighted by atomic mass is 35.5. The average molecular weight is 274 g/mol. The molecule has 18 heavy (non-hydrogen) atoms. The smallest absolute Gasteiger partial charge is 0.179 e. The number of hydrogen-bond acceptors (Lipinski definition) is 4. The van der Waals surface area contributed by atoms with Gasteiger partial charge in [0, 0.05) is 13.1 Å². The first-order valence-electron chi connectivity index (χ1n) is 5.96. The molecule has 0 heterocycles. The van der Waals surface area contributed by atoms with Crippen molar-refractivity contribution < 1.29 is 14.6 Å². The fourth-order valence-electron chi connectivity index (χ4n) is 1.61. The van der Waals surface area contributed by atoms with E-state index in [0.29, 0.717) is 36.2 Å². The number of ether oxygens (including phenoxy) is 2. The maximum atomic E-state index is 9.17. The normalized spacial score (nSPS) is 12.3. The van der Waals surface area contributed by atoms with Gasteiger partial charge < -0.3 is 19.9 Å². The molecule has 102 valence electrons. The summed E-state index contributed by atoms with van der Waals surface area (Å²) < 4.78 is 10.7. The molecular weight excluding hydrogens is 254 g/mol. The zero-order valence-electron chi connectivity index (χ0n) is 11.0. The van der Waals surface area contributed by atoms with E-state index < -0.39 is 0 Å². The molecule has 0 aliphatic carbocycles. The van der Waals surface area contributed by atoms with Crippen LogP contribution in [0.3, 0.4) is 0 Å². The standard InChI is InChI=1S/C13H20ClNO3/c1-4-18-12-6-10(8-15-7-9(2)16)5-11(14)13(12)17-3/h5-6,9,15-16H,4,7-8H2,1-3H3/t9-/m0/s1. The molecule has 4 nitrogen and oxygen atoms in total. The maximum absolute atomic E-state index is 9.17. The van der Waals surface area contributed by atoms with Crippen LogP contribution in [-0.2, 0) is 6.54 Å². The van der Waals surface area contributed by atoms with E-state index in [1.807, 2.05) is 19.1 Å². The van der Waals surface area contributed by atoms with E-state index >= 15 is 0 Å². The number of rotatable bonds is 7. The third-order valence-electron chi connectivity index (χ3n) is 2.34. The van der Waals surface area contributed by atoms with Crippen LogP contribution in [-0.4, -0.2) is 31.5 Å². The predicted octanol–water partition coefficient (Wildman–Crippen LogP) is 2.22. The largest absolute Gasteiger partial charge is 0.491 e. The number of aliphatic hydroxyl groups excluding tert-OH is 1. The quantitative estimate of drug-likeness (QED) is 0.800. The Bertz CT molecular complexity index is 383. The summed E-state index contributed by atoms with van der Waals surface area (Å²) >= 11 is 6.13. The molecule has 5 heteroatoms. The van der Waals surface area contributed by atoms with Gasteiger partial charge in [0.05, 0.1) is 24.8 Å². The highest BCUT2D eigenvalue weighted by molar-refractivity contribution is 6.32. The van der Waals surface area contributed by atoms with Crippen molar-refractivity contribution in [3.05, 3.63) is 22.7 Å². The molecule has 0 aliphatic rings. The second kappa shape index (κ2) is 7.46. The van der Waals surface area contributed by atoms with Gasteiger partial charge in [-0.15, -0.1) is 0 Å². The topological polar surface area (TPSA) is 50.7 Å². The van der Waals surface area contributed by atoms with Gasteiger partial charge in [0.1, 0.15) is 0 Å². The van der Waals surface area contributed by atoms with E-state index in [1.54, 1.807) is 14.0 Å². The number of benzene rings is 1. The van der Waals surface area contributed by atoms with Crippen LogP contribution in [0.1, 0.15) is 19.4 Å². The third-order valence-corrected chi connectivity index (χ3v) is 2.62. The monoisotopic (exact) mass is 273 g/mol. The molecule has 1 aromatic carbocycles. The lowest BCUT2D eigenvalue weighted by atomic mass is 10.2.